The maximum atomic E-state index is 11.9. The Morgan fingerprint density at radius 1 is 0.773 bits per heavy atom. The minimum Gasteiger partial charge on any atom is -0.455 e. The molecular formula is C34H41Cl2N5O3. The first-order valence-electron chi connectivity index (χ1n) is 15.6. The molecule has 44 heavy (non-hydrogen) atoms. The van der Waals surface area contributed by atoms with Crippen LogP contribution in [0.15, 0.2) is 81.1 Å². The van der Waals surface area contributed by atoms with Crippen LogP contribution in [-0.2, 0) is 9.53 Å². The van der Waals surface area contributed by atoms with Gasteiger partial charge in [0.25, 0.3) is 0 Å². The van der Waals surface area contributed by atoms with E-state index < -0.39 is 6.29 Å². The molecule has 8 nitrogen and oxygen atoms in total. The number of rotatable bonds is 15. The first-order chi connectivity index (χ1) is 21.4. The molecule has 0 N–H and O–H groups in total. The van der Waals surface area contributed by atoms with E-state index >= 15 is 0 Å². The van der Waals surface area contributed by atoms with Gasteiger partial charge in [0.05, 0.1) is 27.1 Å². The van der Waals surface area contributed by atoms with Crippen LogP contribution in [0, 0.1) is 0 Å². The van der Waals surface area contributed by atoms with E-state index in [0.717, 1.165) is 44.5 Å². The molecule has 1 heterocycles. The summed E-state index contributed by atoms with van der Waals surface area (Å²) in [7, 11) is 0. The van der Waals surface area contributed by atoms with Crippen molar-refractivity contribution in [2.45, 2.75) is 84.3 Å². The predicted molar refractivity (Wildman–Crippen MR) is 178 cm³/mol. The van der Waals surface area contributed by atoms with Crippen LogP contribution in [0.2, 0.25) is 10.0 Å². The van der Waals surface area contributed by atoms with Crippen LogP contribution in [0.1, 0.15) is 78.1 Å². The van der Waals surface area contributed by atoms with Crippen molar-refractivity contribution < 1.29 is 14.3 Å². The molecule has 0 bridgehead atoms. The van der Waals surface area contributed by atoms with Crippen molar-refractivity contribution in [1.29, 1.82) is 0 Å². The third-order valence-electron chi connectivity index (χ3n) is 7.32. The first-order valence-corrected chi connectivity index (χ1v) is 16.3. The summed E-state index contributed by atoms with van der Waals surface area (Å²) in [6.07, 6.45) is 9.39. The number of hydrogen-bond acceptors (Lipinski definition) is 8. The van der Waals surface area contributed by atoms with E-state index in [0.29, 0.717) is 29.2 Å². The third-order valence-corrected chi connectivity index (χ3v) is 7.90. The third kappa shape index (κ3) is 10.6. The van der Waals surface area contributed by atoms with Crippen LogP contribution in [-0.4, -0.2) is 25.3 Å². The topological polar surface area (TPSA) is 88.2 Å². The van der Waals surface area contributed by atoms with Crippen molar-refractivity contribution in [3.63, 3.8) is 0 Å². The normalized spacial score (nSPS) is 14.3. The molecule has 1 atom stereocenters. The zero-order chi connectivity index (χ0) is 31.1. The lowest BCUT2D eigenvalue weighted by Crippen LogP contribution is -2.29. The van der Waals surface area contributed by atoms with Gasteiger partial charge in [-0.3, -0.25) is 4.79 Å². The van der Waals surface area contributed by atoms with E-state index in [4.69, 9.17) is 32.7 Å². The Morgan fingerprint density at radius 2 is 1.32 bits per heavy atom. The van der Waals surface area contributed by atoms with Crippen molar-refractivity contribution in [2.75, 3.05) is 18.0 Å². The van der Waals surface area contributed by atoms with Crippen molar-refractivity contribution in [3.05, 3.63) is 70.7 Å². The second-order valence-electron chi connectivity index (χ2n) is 10.8. The highest BCUT2D eigenvalue weighted by atomic mass is 35.5. The minimum atomic E-state index is -0.710. The van der Waals surface area contributed by atoms with Gasteiger partial charge in [0.1, 0.15) is 11.4 Å². The number of nitrogens with zero attached hydrogens (tertiary/aromatic N) is 5. The molecule has 0 radical (unpaired) electrons. The maximum absolute atomic E-state index is 11.9. The molecule has 0 aromatic heterocycles. The summed E-state index contributed by atoms with van der Waals surface area (Å²) in [5, 5.41) is 17.8. The van der Waals surface area contributed by atoms with Crippen molar-refractivity contribution in [2.24, 2.45) is 20.5 Å². The number of carbonyl (C=O) groups excluding carboxylic acids is 1. The van der Waals surface area contributed by atoms with Gasteiger partial charge in [-0.25, -0.2) is 0 Å². The maximum Gasteiger partial charge on any atom is 0.308 e. The fourth-order valence-electron chi connectivity index (χ4n) is 4.84. The summed E-state index contributed by atoms with van der Waals surface area (Å²) < 4.78 is 11.5. The summed E-state index contributed by atoms with van der Waals surface area (Å²) in [6, 6.07) is 18.6. The fraction of sp³-hybridized carbons (Fsp3) is 0.441. The predicted octanol–water partition coefficient (Wildman–Crippen LogP) is 11.8. The Labute approximate surface area is 270 Å². The van der Waals surface area contributed by atoms with Crippen LogP contribution in [0.5, 0.6) is 5.75 Å². The molecule has 1 aliphatic rings. The molecule has 10 heteroatoms. The van der Waals surface area contributed by atoms with Gasteiger partial charge in [-0.15, -0.1) is 5.11 Å². The lowest BCUT2D eigenvalue weighted by molar-refractivity contribution is -0.164. The zero-order valence-corrected chi connectivity index (χ0v) is 27.1. The van der Waals surface area contributed by atoms with E-state index in [9.17, 15) is 4.79 Å². The molecule has 234 valence electrons. The quantitative estimate of drug-likeness (QED) is 0.0717. The number of unbranched alkanes of at least 4 members (excludes halogenated alkanes) is 4. The standard InChI is InChI=1S/C34H41Cl2N5O3/c1-3-5-6-7-9-12-33(44-32(42)4-2)43-29-23-30(35)34(31(36)24-29)40-39-26-15-13-25(14-16-26)37-38-27-17-19-28(20-18-27)41-21-10-8-11-22-41/h13-20,23-24,33H,3-12,21-22H2,1-2H3/b38-37+,40-39+. The highest BCUT2D eigenvalue weighted by Gasteiger charge is 2.17. The van der Waals surface area contributed by atoms with Crippen molar-refractivity contribution in [1.82, 2.24) is 0 Å². The molecule has 0 amide bonds. The lowest BCUT2D eigenvalue weighted by atomic mass is 10.1. The van der Waals surface area contributed by atoms with E-state index in [1.165, 1.54) is 31.4 Å². The van der Waals surface area contributed by atoms with E-state index in [-0.39, 0.29) is 22.4 Å². The van der Waals surface area contributed by atoms with Gasteiger partial charge in [0.15, 0.2) is 0 Å². The fourth-order valence-corrected chi connectivity index (χ4v) is 5.38. The molecule has 3 aromatic carbocycles. The Hall–Kier alpha value is -3.49. The molecule has 1 saturated heterocycles. The number of halogens is 2. The number of carbonyl (C=O) groups is 1. The van der Waals surface area contributed by atoms with Gasteiger partial charge in [0.2, 0.25) is 6.29 Å². The summed E-state index contributed by atoms with van der Waals surface area (Å²) in [5.41, 5.74) is 3.66. The molecule has 0 spiro atoms. The molecular weight excluding hydrogens is 597 g/mol. The second-order valence-corrected chi connectivity index (χ2v) is 11.6. The van der Waals surface area contributed by atoms with E-state index in [1.54, 1.807) is 31.2 Å². The van der Waals surface area contributed by atoms with Crippen molar-refractivity contribution in [3.8, 4) is 5.75 Å². The number of ether oxygens (including phenoxy) is 2. The van der Waals surface area contributed by atoms with Crippen LogP contribution in [0.3, 0.4) is 0 Å². The molecule has 1 aliphatic heterocycles. The zero-order valence-electron chi connectivity index (χ0n) is 25.6. The minimum absolute atomic E-state index is 0.271. The molecule has 0 saturated carbocycles. The average molecular weight is 639 g/mol. The van der Waals surface area contributed by atoms with Gasteiger partial charge in [0, 0.05) is 43.8 Å². The largest absolute Gasteiger partial charge is 0.455 e. The van der Waals surface area contributed by atoms with Gasteiger partial charge in [-0.05, 0) is 74.2 Å². The smallest absolute Gasteiger partial charge is 0.308 e. The Morgan fingerprint density at radius 3 is 1.89 bits per heavy atom. The van der Waals surface area contributed by atoms with Gasteiger partial charge in [-0.1, -0.05) is 62.7 Å². The van der Waals surface area contributed by atoms with Crippen LogP contribution < -0.4 is 9.64 Å². The number of azo groups is 2. The van der Waals surface area contributed by atoms with Crippen LogP contribution in [0.4, 0.5) is 28.4 Å². The SMILES string of the molecule is CCCCCCCC(OC(=O)CC)Oc1cc(Cl)c(/N=N/c2ccc(/N=N/c3ccc(N4CCCCC4)cc3)cc2)c(Cl)c1. The molecule has 3 aromatic rings. The summed E-state index contributed by atoms with van der Waals surface area (Å²) >= 11 is 13.0. The monoisotopic (exact) mass is 637 g/mol. The number of esters is 1. The highest BCUT2D eigenvalue weighted by Crippen LogP contribution is 2.38. The Balaban J connectivity index is 1.34. The molecule has 1 fully saturated rings. The summed E-state index contributed by atoms with van der Waals surface area (Å²) in [4.78, 5) is 14.4. The van der Waals surface area contributed by atoms with Gasteiger partial charge < -0.3 is 14.4 Å². The van der Waals surface area contributed by atoms with Gasteiger partial charge in [-0.2, -0.15) is 15.3 Å². The molecule has 0 aliphatic carbocycles. The van der Waals surface area contributed by atoms with Crippen LogP contribution >= 0.6 is 23.2 Å². The highest BCUT2D eigenvalue weighted by molar-refractivity contribution is 6.38. The Bertz CT molecular complexity index is 1370. The number of hydrogen-bond donors (Lipinski definition) is 0. The number of piperidine rings is 1. The van der Waals surface area contributed by atoms with E-state index in [1.807, 2.05) is 24.3 Å². The molecule has 4 rings (SSSR count). The average Bonchev–Trinajstić information content (AvgIpc) is 3.04. The van der Waals surface area contributed by atoms with Gasteiger partial charge >= 0.3 is 5.97 Å². The lowest BCUT2D eigenvalue weighted by Gasteiger charge is -2.28. The second kappa shape index (κ2) is 17.7. The van der Waals surface area contributed by atoms with Crippen LogP contribution in [0.25, 0.3) is 0 Å². The van der Waals surface area contributed by atoms with Crippen molar-refractivity contribution >= 4 is 57.6 Å². The first kappa shape index (κ1) is 33.4. The molecule has 1 unspecified atom stereocenters. The number of benzene rings is 3. The number of anilines is 1. The van der Waals surface area contributed by atoms with E-state index in [2.05, 4.69) is 44.4 Å². The Kier molecular flexibility index (Phi) is 13.4. The summed E-state index contributed by atoms with van der Waals surface area (Å²) in [5.74, 6) is 0.0813. The summed E-state index contributed by atoms with van der Waals surface area (Å²) in [6.45, 7) is 6.15.